The molecule has 3 aromatic heterocycles. The van der Waals surface area contributed by atoms with Crippen molar-refractivity contribution in [3.63, 3.8) is 0 Å². The lowest BCUT2D eigenvalue weighted by molar-refractivity contribution is -0.153. The number of ether oxygens (including phenoxy) is 2. The van der Waals surface area contributed by atoms with E-state index in [4.69, 9.17) is 18.9 Å². The lowest BCUT2D eigenvalue weighted by atomic mass is 9.99. The summed E-state index contributed by atoms with van der Waals surface area (Å²) in [6, 6.07) is 15.8. The number of sulfonamides is 1. The van der Waals surface area contributed by atoms with Gasteiger partial charge in [0.2, 0.25) is 10.0 Å². The van der Waals surface area contributed by atoms with Crippen LogP contribution < -0.4 is 14.8 Å². The Hall–Kier alpha value is -5.80. The van der Waals surface area contributed by atoms with Crippen molar-refractivity contribution < 1.29 is 45.8 Å². The predicted molar refractivity (Wildman–Crippen MR) is 184 cm³/mol. The summed E-state index contributed by atoms with van der Waals surface area (Å²) in [5.41, 5.74) is 1.74. The molecule has 4 heterocycles. The second-order valence-electron chi connectivity index (χ2n) is 11.6. The molecule has 0 saturated carbocycles. The zero-order chi connectivity index (χ0) is 36.2. The van der Waals surface area contributed by atoms with E-state index in [-0.39, 0.29) is 81.0 Å². The lowest BCUT2D eigenvalue weighted by Crippen LogP contribution is -2.19. The van der Waals surface area contributed by atoms with E-state index in [1.807, 2.05) is 0 Å². The van der Waals surface area contributed by atoms with Gasteiger partial charge in [-0.1, -0.05) is 6.07 Å². The number of aliphatic hydroxyl groups is 1. The van der Waals surface area contributed by atoms with Crippen LogP contribution in [-0.4, -0.2) is 54.4 Å². The Morgan fingerprint density at radius 2 is 1.84 bits per heavy atom. The first-order chi connectivity index (χ1) is 24.5. The number of pyridine rings is 1. The monoisotopic (exact) mass is 716 g/mol. The molecule has 12 nitrogen and oxygen atoms in total. The Balaban J connectivity index is 1.50. The number of nitrogens with one attached hydrogen (secondary N) is 2. The van der Waals surface area contributed by atoms with Crippen LogP contribution in [0.25, 0.3) is 55.8 Å². The molecule has 3 N–H and O–H groups in total. The van der Waals surface area contributed by atoms with Gasteiger partial charge in [-0.3, -0.25) is 9.52 Å². The van der Waals surface area contributed by atoms with E-state index in [0.717, 1.165) is 0 Å². The van der Waals surface area contributed by atoms with Crippen LogP contribution in [0.1, 0.15) is 35.9 Å². The van der Waals surface area contributed by atoms with Crippen molar-refractivity contribution in [2.45, 2.75) is 26.7 Å². The smallest absolute Gasteiger partial charge is 0.339 e. The second-order valence-corrected chi connectivity index (χ2v) is 13.6. The van der Waals surface area contributed by atoms with E-state index in [0.29, 0.717) is 16.5 Å². The van der Waals surface area contributed by atoms with E-state index in [9.17, 15) is 27.5 Å². The summed E-state index contributed by atoms with van der Waals surface area (Å²) in [5, 5.41) is 14.1. The largest absolute Gasteiger partial charge is 0.470 e. The number of hydrogen-bond donors (Lipinski definition) is 3. The summed E-state index contributed by atoms with van der Waals surface area (Å²) >= 11 is 0. The molecular weight excluding hydrogens is 686 g/mol. The van der Waals surface area contributed by atoms with Crippen LogP contribution in [0.5, 0.6) is 5.75 Å². The van der Waals surface area contributed by atoms with E-state index in [1.165, 1.54) is 56.4 Å². The minimum absolute atomic E-state index is 0.0172. The molecule has 51 heavy (non-hydrogen) atoms. The third-order valence-corrected chi connectivity index (χ3v) is 9.89. The number of rotatable bonds is 9. The van der Waals surface area contributed by atoms with Crippen LogP contribution in [0, 0.1) is 11.6 Å². The molecule has 0 fully saturated rings. The molecule has 6 aromatic rings. The molecule has 1 unspecified atom stereocenters. The highest BCUT2D eigenvalue weighted by Crippen LogP contribution is 2.46. The SMILES string of the molecule is CCOC(=O)C(O)c1c2n(c3cccc(F)c13)COc1ccc(-c3cc4c(C(=O)NC)c(-c5ccc(F)cc5)oc4cc3NS(=O)(=O)CC)nc1-2. The van der Waals surface area contributed by atoms with Crippen molar-refractivity contribution in [1.82, 2.24) is 14.9 Å². The first kappa shape index (κ1) is 33.7. The van der Waals surface area contributed by atoms with Crippen molar-refractivity contribution in [3.8, 4) is 39.7 Å². The highest BCUT2D eigenvalue weighted by Gasteiger charge is 2.35. The van der Waals surface area contributed by atoms with Crippen LogP contribution >= 0.6 is 0 Å². The lowest BCUT2D eigenvalue weighted by Gasteiger charge is -2.23. The van der Waals surface area contributed by atoms with Gasteiger partial charge in [0.15, 0.2) is 12.8 Å². The first-order valence-electron chi connectivity index (χ1n) is 15.8. The highest BCUT2D eigenvalue weighted by atomic mass is 32.2. The normalized spacial score (nSPS) is 13.0. The summed E-state index contributed by atoms with van der Waals surface area (Å²) in [5.74, 6) is -2.57. The molecule has 1 aliphatic heterocycles. The van der Waals surface area contributed by atoms with Crippen LogP contribution in [0.4, 0.5) is 14.5 Å². The van der Waals surface area contributed by atoms with Gasteiger partial charge in [0.25, 0.3) is 5.91 Å². The number of furan rings is 1. The summed E-state index contributed by atoms with van der Waals surface area (Å²) in [6.45, 7) is 2.92. The number of hydrogen-bond acceptors (Lipinski definition) is 9. The zero-order valence-electron chi connectivity index (χ0n) is 27.4. The summed E-state index contributed by atoms with van der Waals surface area (Å²) < 4.78 is 76.5. The van der Waals surface area contributed by atoms with Gasteiger partial charge in [0.05, 0.1) is 40.5 Å². The predicted octanol–water partition coefficient (Wildman–Crippen LogP) is 6.13. The number of halogens is 2. The Bertz CT molecular complexity index is 2490. The molecule has 262 valence electrons. The summed E-state index contributed by atoms with van der Waals surface area (Å²) in [6.07, 6.45) is -1.88. The fourth-order valence-corrected chi connectivity index (χ4v) is 6.88. The number of fused-ring (bicyclic) bond motifs is 6. The third kappa shape index (κ3) is 5.73. The standard InChI is InChI=1S/C36H30F2N4O8S/c1-4-48-36(45)33(43)30-29-22(38)7-6-8-25(29)42-17-49-26-14-13-23(40-31(26)32(30)42)20-15-21-27(16-24(20)41-51(46,47)5-2)50-34(28(21)35(44)39-3)18-9-11-19(37)12-10-18/h6-16,33,41,43H,4-5,17H2,1-3H3,(H,39,44). The number of nitrogens with zero attached hydrogens (tertiary/aromatic N) is 2. The molecular formula is C36H30F2N4O8S. The van der Waals surface area contributed by atoms with Crippen LogP contribution in [-0.2, 0) is 26.3 Å². The number of carbonyl (C=O) groups is 2. The zero-order valence-corrected chi connectivity index (χ0v) is 28.2. The molecule has 1 amide bonds. The van der Waals surface area contributed by atoms with E-state index >= 15 is 4.39 Å². The fourth-order valence-electron chi connectivity index (χ4n) is 6.23. The topological polar surface area (TPSA) is 162 Å². The van der Waals surface area contributed by atoms with Gasteiger partial charge in [-0.05, 0) is 68.4 Å². The third-order valence-electron chi connectivity index (χ3n) is 8.60. The Kier molecular flexibility index (Phi) is 8.47. The van der Waals surface area contributed by atoms with Gasteiger partial charge in [0.1, 0.15) is 34.4 Å². The number of benzene rings is 3. The van der Waals surface area contributed by atoms with Gasteiger partial charge in [-0.2, -0.15) is 0 Å². The maximum absolute atomic E-state index is 15.5. The van der Waals surface area contributed by atoms with Crippen molar-refractivity contribution in [2.24, 2.45) is 0 Å². The molecule has 1 aliphatic rings. The number of esters is 1. The molecule has 0 radical (unpaired) electrons. The summed E-state index contributed by atoms with van der Waals surface area (Å²) in [4.78, 5) is 31.0. The van der Waals surface area contributed by atoms with Crippen LogP contribution in [0.15, 0.2) is 71.1 Å². The van der Waals surface area contributed by atoms with Gasteiger partial charge < -0.3 is 28.9 Å². The van der Waals surface area contributed by atoms with Crippen molar-refractivity contribution in [3.05, 3.63) is 89.5 Å². The maximum atomic E-state index is 15.5. The van der Waals surface area contributed by atoms with Gasteiger partial charge in [0, 0.05) is 40.6 Å². The van der Waals surface area contributed by atoms with Crippen LogP contribution in [0.2, 0.25) is 0 Å². The second kappa shape index (κ2) is 12.8. The van der Waals surface area contributed by atoms with Crippen molar-refractivity contribution in [1.29, 1.82) is 0 Å². The molecule has 15 heteroatoms. The van der Waals surface area contributed by atoms with E-state index in [2.05, 4.69) is 10.0 Å². The first-order valence-corrected chi connectivity index (χ1v) is 17.5. The quantitative estimate of drug-likeness (QED) is 0.150. The van der Waals surface area contributed by atoms with E-state index in [1.54, 1.807) is 35.8 Å². The molecule has 7 rings (SSSR count). The van der Waals surface area contributed by atoms with Gasteiger partial charge >= 0.3 is 5.97 Å². The Labute approximate surface area is 289 Å². The van der Waals surface area contributed by atoms with Gasteiger partial charge in [-0.25, -0.2) is 27.0 Å². The van der Waals surface area contributed by atoms with Crippen LogP contribution in [0.3, 0.4) is 0 Å². The highest BCUT2D eigenvalue weighted by molar-refractivity contribution is 7.92. The van der Waals surface area contributed by atoms with Crippen molar-refractivity contribution >= 4 is 49.5 Å². The number of anilines is 1. The molecule has 0 aliphatic carbocycles. The maximum Gasteiger partial charge on any atom is 0.339 e. The number of amides is 1. The van der Waals surface area contributed by atoms with Crippen molar-refractivity contribution in [2.75, 3.05) is 24.1 Å². The number of aliphatic hydroxyl groups excluding tert-OH is 1. The average molecular weight is 717 g/mol. The Morgan fingerprint density at radius 1 is 1.08 bits per heavy atom. The van der Waals surface area contributed by atoms with Gasteiger partial charge in [-0.15, -0.1) is 0 Å². The number of carbonyl (C=O) groups excluding carboxylic acids is 2. The fraction of sp³-hybridized carbons (Fsp3) is 0.194. The number of aromatic nitrogens is 2. The molecule has 0 spiro atoms. The Morgan fingerprint density at radius 3 is 2.55 bits per heavy atom. The molecule has 0 saturated heterocycles. The average Bonchev–Trinajstić information content (AvgIpc) is 3.67. The molecule has 0 bridgehead atoms. The molecule has 3 aromatic carbocycles. The molecule has 1 atom stereocenters. The summed E-state index contributed by atoms with van der Waals surface area (Å²) in [7, 11) is -2.43. The van der Waals surface area contributed by atoms with E-state index < -0.39 is 39.6 Å². The minimum atomic E-state index is -3.87. The minimum Gasteiger partial charge on any atom is -0.470 e.